The highest BCUT2D eigenvalue weighted by Crippen LogP contribution is 2.25. The molecule has 0 bridgehead atoms. The molecule has 1 atom stereocenters. The van der Waals surface area contributed by atoms with Crippen LogP contribution < -0.4 is 5.73 Å². The van der Waals surface area contributed by atoms with Gasteiger partial charge in [0, 0.05) is 27.8 Å². The van der Waals surface area contributed by atoms with Crippen LogP contribution in [0, 0.1) is 0 Å². The second-order valence-electron chi connectivity index (χ2n) is 4.30. The molecule has 1 aromatic carbocycles. The van der Waals surface area contributed by atoms with E-state index >= 15 is 0 Å². The number of pyridine rings is 2. The number of halogens is 1. The molecule has 4 heteroatoms. The fourth-order valence-corrected chi connectivity index (χ4v) is 2.34. The van der Waals surface area contributed by atoms with Gasteiger partial charge >= 0.3 is 0 Å². The number of aromatic nitrogens is 2. The van der Waals surface area contributed by atoms with Crippen molar-refractivity contribution in [2.24, 2.45) is 5.73 Å². The van der Waals surface area contributed by atoms with E-state index in [1.54, 1.807) is 12.4 Å². The first-order valence-electron chi connectivity index (χ1n) is 5.96. The van der Waals surface area contributed by atoms with Crippen LogP contribution in [0.4, 0.5) is 0 Å². The number of para-hydroxylation sites is 1. The molecule has 0 spiro atoms. The Balaban J connectivity index is 2.11. The first kappa shape index (κ1) is 12.3. The van der Waals surface area contributed by atoms with E-state index in [2.05, 4.69) is 25.9 Å². The summed E-state index contributed by atoms with van der Waals surface area (Å²) in [4.78, 5) is 8.79. The van der Waals surface area contributed by atoms with Crippen LogP contribution in [0.3, 0.4) is 0 Å². The molecule has 3 nitrogen and oxygen atoms in total. The Hall–Kier alpha value is -1.78. The molecule has 94 valence electrons. The number of hydrogen-bond donors (Lipinski definition) is 1. The molecule has 0 amide bonds. The van der Waals surface area contributed by atoms with Crippen molar-refractivity contribution in [3.05, 3.63) is 70.6 Å². The van der Waals surface area contributed by atoms with Gasteiger partial charge in [-0.3, -0.25) is 9.97 Å². The second kappa shape index (κ2) is 5.07. The summed E-state index contributed by atoms with van der Waals surface area (Å²) in [5.41, 5.74) is 9.08. The third-order valence-corrected chi connectivity index (χ3v) is 3.54. The molecule has 2 N–H and O–H groups in total. The summed E-state index contributed by atoms with van der Waals surface area (Å²) in [7, 11) is 0. The minimum atomic E-state index is -0.272. The van der Waals surface area contributed by atoms with Crippen molar-refractivity contribution < 1.29 is 0 Å². The van der Waals surface area contributed by atoms with Crippen LogP contribution in [-0.2, 0) is 0 Å². The van der Waals surface area contributed by atoms with Gasteiger partial charge in [0.2, 0.25) is 0 Å². The number of hydrogen-bond acceptors (Lipinski definition) is 3. The first-order chi connectivity index (χ1) is 9.25. The van der Waals surface area contributed by atoms with Crippen molar-refractivity contribution in [1.29, 1.82) is 0 Å². The number of nitrogens with zero attached hydrogens (tertiary/aromatic N) is 2. The third kappa shape index (κ3) is 2.37. The number of nitrogens with two attached hydrogens (primary N) is 1. The van der Waals surface area contributed by atoms with Gasteiger partial charge in [-0.05, 0) is 34.1 Å². The Bertz CT molecular complexity index is 705. The maximum Gasteiger partial charge on any atom is 0.0753 e. The van der Waals surface area contributed by atoms with Crippen molar-refractivity contribution in [2.45, 2.75) is 6.04 Å². The Kier molecular flexibility index (Phi) is 3.27. The zero-order valence-electron chi connectivity index (χ0n) is 10.1. The predicted molar refractivity (Wildman–Crippen MR) is 79.7 cm³/mol. The average Bonchev–Trinajstić information content (AvgIpc) is 2.47. The summed E-state index contributed by atoms with van der Waals surface area (Å²) >= 11 is 3.37. The smallest absolute Gasteiger partial charge is 0.0753 e. The molecule has 2 aromatic heterocycles. The Labute approximate surface area is 119 Å². The number of fused-ring (bicyclic) bond motifs is 1. The van der Waals surface area contributed by atoms with Gasteiger partial charge in [0.15, 0.2) is 0 Å². The van der Waals surface area contributed by atoms with Gasteiger partial charge in [-0.25, -0.2) is 0 Å². The predicted octanol–water partition coefficient (Wildman–Crippen LogP) is 3.44. The van der Waals surface area contributed by atoms with Gasteiger partial charge in [0.1, 0.15) is 0 Å². The lowest BCUT2D eigenvalue weighted by molar-refractivity contribution is 0.833. The minimum absolute atomic E-state index is 0.272. The lowest BCUT2D eigenvalue weighted by atomic mass is 10.0. The van der Waals surface area contributed by atoms with Crippen LogP contribution in [0.5, 0.6) is 0 Å². The molecule has 0 saturated carbocycles. The van der Waals surface area contributed by atoms with Crippen molar-refractivity contribution in [2.75, 3.05) is 0 Å². The zero-order chi connectivity index (χ0) is 13.2. The molecule has 0 aliphatic rings. The second-order valence-corrected chi connectivity index (χ2v) is 5.22. The molecule has 0 saturated heterocycles. The van der Waals surface area contributed by atoms with E-state index in [0.29, 0.717) is 0 Å². The molecule has 0 aliphatic heterocycles. The largest absolute Gasteiger partial charge is 0.319 e. The first-order valence-corrected chi connectivity index (χ1v) is 6.75. The summed E-state index contributed by atoms with van der Waals surface area (Å²) in [6.45, 7) is 0. The van der Waals surface area contributed by atoms with Crippen LogP contribution in [0.15, 0.2) is 59.3 Å². The quantitative estimate of drug-likeness (QED) is 0.788. The standard InChI is InChI=1S/C15H12BrN3/c16-11-6-7-13(19-9-11)14(17)12-5-1-3-10-4-2-8-18-15(10)12/h1-9,14H,17H2. The third-order valence-electron chi connectivity index (χ3n) is 3.07. The van der Waals surface area contributed by atoms with E-state index in [4.69, 9.17) is 5.73 Å². The van der Waals surface area contributed by atoms with Crippen LogP contribution in [0.1, 0.15) is 17.3 Å². The van der Waals surface area contributed by atoms with Crippen molar-refractivity contribution in [1.82, 2.24) is 9.97 Å². The Morgan fingerprint density at radius 2 is 1.84 bits per heavy atom. The maximum atomic E-state index is 6.31. The average molecular weight is 314 g/mol. The Morgan fingerprint density at radius 1 is 1.00 bits per heavy atom. The highest BCUT2D eigenvalue weighted by Gasteiger charge is 2.13. The van der Waals surface area contributed by atoms with E-state index < -0.39 is 0 Å². The topological polar surface area (TPSA) is 51.8 Å². The molecule has 0 aliphatic carbocycles. The van der Waals surface area contributed by atoms with Crippen LogP contribution in [0.25, 0.3) is 10.9 Å². The lowest BCUT2D eigenvalue weighted by Crippen LogP contribution is -2.14. The van der Waals surface area contributed by atoms with Crippen LogP contribution in [-0.4, -0.2) is 9.97 Å². The van der Waals surface area contributed by atoms with E-state index in [1.807, 2.05) is 42.5 Å². The minimum Gasteiger partial charge on any atom is -0.319 e. The maximum absolute atomic E-state index is 6.31. The Morgan fingerprint density at radius 3 is 2.63 bits per heavy atom. The van der Waals surface area contributed by atoms with E-state index in [-0.39, 0.29) is 6.04 Å². The normalized spacial score (nSPS) is 12.5. The fourth-order valence-electron chi connectivity index (χ4n) is 2.11. The van der Waals surface area contributed by atoms with Crippen molar-refractivity contribution in [3.8, 4) is 0 Å². The molecule has 3 rings (SSSR count). The monoisotopic (exact) mass is 313 g/mol. The molecular weight excluding hydrogens is 302 g/mol. The van der Waals surface area contributed by atoms with Crippen molar-refractivity contribution in [3.63, 3.8) is 0 Å². The lowest BCUT2D eigenvalue weighted by Gasteiger charge is -2.13. The molecule has 2 heterocycles. The van der Waals surface area contributed by atoms with Gasteiger partial charge in [0.05, 0.1) is 17.3 Å². The van der Waals surface area contributed by atoms with E-state index in [1.165, 1.54) is 0 Å². The van der Waals surface area contributed by atoms with Gasteiger partial charge in [-0.1, -0.05) is 24.3 Å². The summed E-state index contributed by atoms with van der Waals surface area (Å²) in [5.74, 6) is 0. The van der Waals surface area contributed by atoms with Gasteiger partial charge < -0.3 is 5.73 Å². The highest BCUT2D eigenvalue weighted by atomic mass is 79.9. The highest BCUT2D eigenvalue weighted by molar-refractivity contribution is 9.10. The molecule has 0 fully saturated rings. The van der Waals surface area contributed by atoms with Crippen LogP contribution in [0.2, 0.25) is 0 Å². The molecule has 0 radical (unpaired) electrons. The number of rotatable bonds is 2. The van der Waals surface area contributed by atoms with Crippen molar-refractivity contribution >= 4 is 26.8 Å². The molecular formula is C15H12BrN3. The molecule has 1 unspecified atom stereocenters. The van der Waals surface area contributed by atoms with E-state index in [9.17, 15) is 0 Å². The summed E-state index contributed by atoms with van der Waals surface area (Å²) < 4.78 is 0.944. The van der Waals surface area contributed by atoms with Crippen LogP contribution >= 0.6 is 15.9 Å². The summed E-state index contributed by atoms with van der Waals surface area (Å²) in [6.07, 6.45) is 3.54. The van der Waals surface area contributed by atoms with Gasteiger partial charge in [-0.2, -0.15) is 0 Å². The SMILES string of the molecule is NC(c1ccc(Br)cn1)c1cccc2cccnc12. The zero-order valence-corrected chi connectivity index (χ0v) is 11.7. The number of benzene rings is 1. The van der Waals surface area contributed by atoms with Gasteiger partial charge in [0.25, 0.3) is 0 Å². The summed E-state index contributed by atoms with van der Waals surface area (Å²) in [5, 5.41) is 1.09. The van der Waals surface area contributed by atoms with Gasteiger partial charge in [-0.15, -0.1) is 0 Å². The molecule has 3 aromatic rings. The fraction of sp³-hybridized carbons (Fsp3) is 0.0667. The van der Waals surface area contributed by atoms with E-state index in [0.717, 1.165) is 26.6 Å². The molecule has 19 heavy (non-hydrogen) atoms. The summed E-state index contributed by atoms with van der Waals surface area (Å²) in [6, 6.07) is 13.6.